The molecular weight excluding hydrogens is 246 g/mol. The Morgan fingerprint density at radius 1 is 1.16 bits per heavy atom. The van der Waals surface area contributed by atoms with E-state index in [1.165, 1.54) is 11.9 Å². The first-order valence-corrected chi connectivity index (χ1v) is 6.75. The first-order chi connectivity index (χ1) is 8.91. The zero-order chi connectivity index (χ0) is 14.2. The van der Waals surface area contributed by atoms with Crippen LogP contribution in [-0.4, -0.2) is 71.7 Å². The van der Waals surface area contributed by atoms with Crippen molar-refractivity contribution in [3.63, 3.8) is 0 Å². The van der Waals surface area contributed by atoms with Gasteiger partial charge in [0.15, 0.2) is 0 Å². The molecule has 0 aromatic rings. The van der Waals surface area contributed by atoms with E-state index in [4.69, 9.17) is 0 Å². The maximum absolute atomic E-state index is 11.9. The Hall–Kier alpha value is -1.43. The van der Waals surface area contributed by atoms with Crippen LogP contribution >= 0.6 is 0 Å². The van der Waals surface area contributed by atoms with Gasteiger partial charge in [-0.05, 0) is 0 Å². The molecule has 0 aliphatic carbocycles. The van der Waals surface area contributed by atoms with Crippen LogP contribution in [0.5, 0.6) is 0 Å². The molecule has 0 radical (unpaired) electrons. The van der Waals surface area contributed by atoms with E-state index >= 15 is 0 Å². The highest BCUT2D eigenvalue weighted by molar-refractivity contribution is 6.05. The summed E-state index contributed by atoms with van der Waals surface area (Å²) in [6, 6.07) is -0.325. The van der Waals surface area contributed by atoms with Crippen LogP contribution in [-0.2, 0) is 14.4 Å². The van der Waals surface area contributed by atoms with Gasteiger partial charge >= 0.3 is 0 Å². The number of hydrogen-bond donors (Lipinski definition) is 0. The van der Waals surface area contributed by atoms with Crippen molar-refractivity contribution in [2.75, 3.05) is 33.2 Å². The van der Waals surface area contributed by atoms with Gasteiger partial charge in [0.2, 0.25) is 17.7 Å². The topological polar surface area (TPSA) is 60.9 Å². The maximum atomic E-state index is 11.9. The van der Waals surface area contributed by atoms with E-state index in [0.29, 0.717) is 26.2 Å². The lowest BCUT2D eigenvalue weighted by molar-refractivity contribution is -0.138. The molecule has 2 heterocycles. The van der Waals surface area contributed by atoms with E-state index < -0.39 is 0 Å². The minimum atomic E-state index is -0.325. The average molecular weight is 267 g/mol. The van der Waals surface area contributed by atoms with E-state index in [-0.39, 0.29) is 36.1 Å². The summed E-state index contributed by atoms with van der Waals surface area (Å²) in [6.45, 7) is 6.38. The second-order valence-corrected chi connectivity index (χ2v) is 5.53. The van der Waals surface area contributed by atoms with Crippen LogP contribution in [0.1, 0.15) is 20.3 Å². The summed E-state index contributed by atoms with van der Waals surface area (Å²) in [5.74, 6) is -0.0673. The van der Waals surface area contributed by atoms with Gasteiger partial charge in [-0.1, -0.05) is 13.8 Å². The Bertz CT molecular complexity index is 400. The highest BCUT2D eigenvalue weighted by Gasteiger charge is 2.40. The number of likely N-dealkylation sites (N-methyl/N-ethyl adjacent to an activating group) is 1. The predicted octanol–water partition coefficient (Wildman–Crippen LogP) is -0.456. The van der Waals surface area contributed by atoms with Crippen molar-refractivity contribution in [2.24, 2.45) is 5.92 Å². The Morgan fingerprint density at radius 2 is 1.74 bits per heavy atom. The summed E-state index contributed by atoms with van der Waals surface area (Å²) in [6.07, 6.45) is 0.271. The summed E-state index contributed by atoms with van der Waals surface area (Å²) in [4.78, 5) is 40.4. The monoisotopic (exact) mass is 267 g/mol. The molecule has 2 fully saturated rings. The lowest BCUT2D eigenvalue weighted by atomic mass is 10.1. The first-order valence-electron chi connectivity index (χ1n) is 6.75. The fourth-order valence-electron chi connectivity index (χ4n) is 2.64. The Morgan fingerprint density at radius 3 is 2.16 bits per heavy atom. The smallest absolute Gasteiger partial charge is 0.246 e. The van der Waals surface area contributed by atoms with Gasteiger partial charge in [-0.3, -0.25) is 24.2 Å². The number of hydrogen-bond acceptors (Lipinski definition) is 4. The Balaban J connectivity index is 1.92. The van der Waals surface area contributed by atoms with Gasteiger partial charge in [-0.15, -0.1) is 0 Å². The molecule has 1 unspecified atom stereocenters. The van der Waals surface area contributed by atoms with Crippen molar-refractivity contribution >= 4 is 17.7 Å². The fraction of sp³-hybridized carbons (Fsp3) is 0.769. The van der Waals surface area contributed by atoms with Crippen LogP contribution in [0.15, 0.2) is 0 Å². The van der Waals surface area contributed by atoms with Gasteiger partial charge in [0.05, 0.1) is 12.5 Å². The van der Waals surface area contributed by atoms with Crippen molar-refractivity contribution in [3.8, 4) is 0 Å². The molecule has 6 nitrogen and oxygen atoms in total. The van der Waals surface area contributed by atoms with Crippen LogP contribution < -0.4 is 0 Å². The molecule has 0 aromatic heterocycles. The molecule has 1 atom stereocenters. The molecule has 2 aliphatic rings. The highest BCUT2D eigenvalue weighted by Crippen LogP contribution is 2.19. The quantitative estimate of drug-likeness (QED) is 0.635. The van der Waals surface area contributed by atoms with Crippen molar-refractivity contribution < 1.29 is 14.4 Å². The summed E-state index contributed by atoms with van der Waals surface area (Å²) in [5, 5.41) is 0. The number of carbonyl (C=O) groups is 3. The van der Waals surface area contributed by atoms with Crippen molar-refractivity contribution in [2.45, 2.75) is 26.3 Å². The maximum Gasteiger partial charge on any atom is 0.246 e. The van der Waals surface area contributed by atoms with Gasteiger partial charge in [-0.25, -0.2) is 0 Å². The number of rotatable bonds is 2. The van der Waals surface area contributed by atoms with Crippen LogP contribution in [0.25, 0.3) is 0 Å². The molecule has 0 spiro atoms. The van der Waals surface area contributed by atoms with E-state index in [0.717, 1.165) is 0 Å². The summed E-state index contributed by atoms with van der Waals surface area (Å²) in [7, 11) is 1.53. The van der Waals surface area contributed by atoms with Gasteiger partial charge in [0.1, 0.15) is 0 Å². The summed E-state index contributed by atoms with van der Waals surface area (Å²) in [5.41, 5.74) is 0. The molecule has 106 valence electrons. The molecule has 0 aromatic carbocycles. The third-order valence-corrected chi connectivity index (χ3v) is 3.92. The molecule has 2 saturated heterocycles. The molecule has 3 amide bonds. The molecule has 19 heavy (non-hydrogen) atoms. The molecular formula is C13H21N3O3. The number of carbonyl (C=O) groups excluding carboxylic acids is 3. The molecule has 0 bridgehead atoms. The second kappa shape index (κ2) is 5.28. The van der Waals surface area contributed by atoms with Crippen LogP contribution in [0, 0.1) is 5.92 Å². The molecule has 0 N–H and O–H groups in total. The van der Waals surface area contributed by atoms with Gasteiger partial charge in [0, 0.05) is 39.1 Å². The molecule has 2 rings (SSSR count). The predicted molar refractivity (Wildman–Crippen MR) is 69.2 cm³/mol. The molecule has 0 saturated carbocycles. The summed E-state index contributed by atoms with van der Waals surface area (Å²) >= 11 is 0. The number of piperazine rings is 1. The van der Waals surface area contributed by atoms with Gasteiger partial charge in [-0.2, -0.15) is 0 Å². The minimum absolute atomic E-state index is 0.00683. The lowest BCUT2D eigenvalue weighted by Gasteiger charge is -2.37. The second-order valence-electron chi connectivity index (χ2n) is 5.53. The SMILES string of the molecule is CC(C)C(=O)N1CCN(C2CC(=O)N(C)C2=O)CC1. The van der Waals surface area contributed by atoms with Crippen LogP contribution in [0.3, 0.4) is 0 Å². The largest absolute Gasteiger partial charge is 0.340 e. The zero-order valence-electron chi connectivity index (χ0n) is 11.8. The van der Waals surface area contributed by atoms with E-state index in [1.807, 2.05) is 23.6 Å². The number of likely N-dealkylation sites (tertiary alicyclic amines) is 1. The van der Waals surface area contributed by atoms with Gasteiger partial charge < -0.3 is 4.90 Å². The lowest BCUT2D eigenvalue weighted by Crippen LogP contribution is -2.54. The fourth-order valence-corrected chi connectivity index (χ4v) is 2.64. The number of nitrogens with zero attached hydrogens (tertiary/aromatic N) is 3. The average Bonchev–Trinajstić information content (AvgIpc) is 2.66. The minimum Gasteiger partial charge on any atom is -0.340 e. The number of amides is 3. The number of imide groups is 1. The van der Waals surface area contributed by atoms with E-state index in [9.17, 15) is 14.4 Å². The first kappa shape index (κ1) is 14.0. The van der Waals surface area contributed by atoms with Crippen LogP contribution in [0.4, 0.5) is 0 Å². The summed E-state index contributed by atoms with van der Waals surface area (Å²) < 4.78 is 0. The van der Waals surface area contributed by atoms with E-state index in [2.05, 4.69) is 0 Å². The van der Waals surface area contributed by atoms with Gasteiger partial charge in [0.25, 0.3) is 0 Å². The molecule has 6 heteroatoms. The van der Waals surface area contributed by atoms with Crippen molar-refractivity contribution in [1.29, 1.82) is 0 Å². The Kier molecular flexibility index (Phi) is 3.89. The highest BCUT2D eigenvalue weighted by atomic mass is 16.2. The molecule has 2 aliphatic heterocycles. The third kappa shape index (κ3) is 2.63. The van der Waals surface area contributed by atoms with Crippen LogP contribution in [0.2, 0.25) is 0 Å². The standard InChI is InChI=1S/C13H21N3O3/c1-9(2)12(18)16-6-4-15(5-7-16)10-8-11(17)14(3)13(10)19/h9-10H,4-8H2,1-3H3. The Labute approximate surface area is 113 Å². The van der Waals surface area contributed by atoms with Crippen molar-refractivity contribution in [1.82, 2.24) is 14.7 Å². The normalized spacial score (nSPS) is 25.6. The van der Waals surface area contributed by atoms with Crippen molar-refractivity contribution in [3.05, 3.63) is 0 Å². The zero-order valence-corrected chi connectivity index (χ0v) is 11.8. The third-order valence-electron chi connectivity index (χ3n) is 3.92. The van der Waals surface area contributed by atoms with E-state index in [1.54, 1.807) is 0 Å².